The van der Waals surface area contributed by atoms with Crippen LogP contribution >= 0.6 is 11.3 Å². The summed E-state index contributed by atoms with van der Waals surface area (Å²) < 4.78 is 10.7. The van der Waals surface area contributed by atoms with Gasteiger partial charge in [-0.15, -0.1) is 11.3 Å². The fraction of sp³-hybridized carbons (Fsp3) is 0.333. The number of ether oxygens (including phenoxy) is 2. The molecule has 0 spiro atoms. The second-order valence-electron chi connectivity index (χ2n) is 4.27. The second-order valence-corrected chi connectivity index (χ2v) is 5.25. The molecule has 2 rings (SSSR count). The lowest BCUT2D eigenvalue weighted by molar-refractivity contribution is 0.350. The summed E-state index contributed by atoms with van der Waals surface area (Å²) in [4.78, 5) is 1.34. The van der Waals surface area contributed by atoms with Gasteiger partial charge in [0.2, 0.25) is 0 Å². The lowest BCUT2D eigenvalue weighted by Gasteiger charge is -2.16. The van der Waals surface area contributed by atoms with Crippen LogP contribution in [0.4, 0.5) is 0 Å². The Hall–Kier alpha value is -1.52. The third-order valence-corrected chi connectivity index (χ3v) is 4.11. The van der Waals surface area contributed by atoms with Crippen molar-refractivity contribution in [3.63, 3.8) is 0 Å². The third-order valence-electron chi connectivity index (χ3n) is 3.05. The van der Waals surface area contributed by atoms with Gasteiger partial charge in [0.1, 0.15) is 0 Å². The van der Waals surface area contributed by atoms with Gasteiger partial charge in [-0.2, -0.15) is 0 Å². The number of para-hydroxylation sites is 1. The van der Waals surface area contributed by atoms with Crippen LogP contribution in [0.5, 0.6) is 11.5 Å². The number of hydrogen-bond acceptors (Lipinski definition) is 4. The molecule has 102 valence electrons. The summed E-state index contributed by atoms with van der Waals surface area (Å²) in [5, 5.41) is 5.60. The highest BCUT2D eigenvalue weighted by molar-refractivity contribution is 7.10. The van der Waals surface area contributed by atoms with Crippen molar-refractivity contribution in [1.82, 2.24) is 5.32 Å². The highest BCUT2D eigenvalue weighted by Gasteiger charge is 2.11. The monoisotopic (exact) mass is 277 g/mol. The maximum absolute atomic E-state index is 5.43. The van der Waals surface area contributed by atoms with Crippen molar-refractivity contribution in [2.75, 3.05) is 14.2 Å². The lowest BCUT2D eigenvalue weighted by atomic mass is 10.1. The molecule has 4 heteroatoms. The number of methoxy groups -OCH3 is 2. The van der Waals surface area contributed by atoms with Crippen LogP contribution in [0.25, 0.3) is 0 Å². The molecule has 0 saturated heterocycles. The summed E-state index contributed by atoms with van der Waals surface area (Å²) in [6.45, 7) is 2.91. The van der Waals surface area contributed by atoms with E-state index >= 15 is 0 Å². The summed E-state index contributed by atoms with van der Waals surface area (Å²) in [6.07, 6.45) is 0. The molecule has 0 aliphatic carbocycles. The van der Waals surface area contributed by atoms with Crippen molar-refractivity contribution < 1.29 is 9.47 Å². The van der Waals surface area contributed by atoms with Crippen LogP contribution < -0.4 is 14.8 Å². The highest BCUT2D eigenvalue weighted by Crippen LogP contribution is 2.31. The average Bonchev–Trinajstić information content (AvgIpc) is 2.98. The molecular formula is C15H19NO2S. The Morgan fingerprint density at radius 3 is 2.63 bits per heavy atom. The minimum absolute atomic E-state index is 0.330. The van der Waals surface area contributed by atoms with E-state index in [1.807, 2.05) is 12.1 Å². The first-order valence-electron chi connectivity index (χ1n) is 6.23. The van der Waals surface area contributed by atoms with Gasteiger partial charge in [0.25, 0.3) is 0 Å². The Bertz CT molecular complexity index is 511. The lowest BCUT2D eigenvalue weighted by Crippen LogP contribution is -2.17. The second kappa shape index (κ2) is 6.59. The maximum atomic E-state index is 5.43. The first-order valence-corrected chi connectivity index (χ1v) is 7.11. The predicted octanol–water partition coefficient (Wildman–Crippen LogP) is 3.62. The number of hydrogen-bond donors (Lipinski definition) is 1. The van der Waals surface area contributed by atoms with Crippen LogP contribution in [0.3, 0.4) is 0 Å². The average molecular weight is 277 g/mol. The molecule has 0 fully saturated rings. The number of rotatable bonds is 6. The number of benzene rings is 1. The maximum Gasteiger partial charge on any atom is 0.165 e. The standard InChI is InChI=1S/C15H19NO2S/c1-11(14-8-5-9-19-14)16-10-12-6-4-7-13(17-2)15(12)18-3/h4-9,11,16H,10H2,1-3H3/t11-/m0/s1. The third kappa shape index (κ3) is 3.28. The van der Waals surface area contributed by atoms with Gasteiger partial charge in [-0.1, -0.05) is 18.2 Å². The Balaban J connectivity index is 2.07. The molecule has 0 radical (unpaired) electrons. The largest absolute Gasteiger partial charge is 0.493 e. The Kier molecular flexibility index (Phi) is 4.82. The van der Waals surface area contributed by atoms with E-state index in [0.29, 0.717) is 6.04 Å². The van der Waals surface area contributed by atoms with Gasteiger partial charge in [0.15, 0.2) is 11.5 Å². The molecule has 2 aromatic rings. The molecule has 0 bridgehead atoms. The van der Waals surface area contributed by atoms with E-state index in [4.69, 9.17) is 9.47 Å². The van der Waals surface area contributed by atoms with E-state index < -0.39 is 0 Å². The van der Waals surface area contributed by atoms with Crippen LogP contribution in [0.15, 0.2) is 35.7 Å². The molecule has 1 atom stereocenters. The van der Waals surface area contributed by atoms with Crippen molar-refractivity contribution >= 4 is 11.3 Å². The highest BCUT2D eigenvalue weighted by atomic mass is 32.1. The topological polar surface area (TPSA) is 30.5 Å². The first-order chi connectivity index (χ1) is 9.26. The zero-order chi connectivity index (χ0) is 13.7. The summed E-state index contributed by atoms with van der Waals surface area (Å²) in [6, 6.07) is 10.5. The van der Waals surface area contributed by atoms with Crippen molar-refractivity contribution in [3.8, 4) is 11.5 Å². The van der Waals surface area contributed by atoms with Crippen molar-refractivity contribution in [3.05, 3.63) is 46.2 Å². The molecule has 0 unspecified atom stereocenters. The number of thiophene rings is 1. The Morgan fingerprint density at radius 2 is 2.00 bits per heavy atom. The summed E-state index contributed by atoms with van der Waals surface area (Å²) >= 11 is 1.77. The Labute approximate surface area is 118 Å². The van der Waals surface area contributed by atoms with Gasteiger partial charge in [0.05, 0.1) is 14.2 Å². The molecular weight excluding hydrogens is 258 g/mol. The van der Waals surface area contributed by atoms with Crippen LogP contribution in [-0.4, -0.2) is 14.2 Å². The normalized spacial score (nSPS) is 12.2. The molecule has 1 aromatic carbocycles. The summed E-state index contributed by atoms with van der Waals surface area (Å²) in [5.74, 6) is 1.57. The van der Waals surface area contributed by atoms with E-state index in [1.54, 1.807) is 25.6 Å². The minimum Gasteiger partial charge on any atom is -0.493 e. The molecule has 0 amide bonds. The zero-order valence-electron chi connectivity index (χ0n) is 11.5. The van der Waals surface area contributed by atoms with E-state index in [1.165, 1.54) is 4.88 Å². The SMILES string of the molecule is COc1cccc(CN[C@@H](C)c2cccs2)c1OC. The molecule has 1 aromatic heterocycles. The van der Waals surface area contributed by atoms with E-state index in [-0.39, 0.29) is 0 Å². The minimum atomic E-state index is 0.330. The molecule has 0 aliphatic heterocycles. The molecule has 0 aliphatic rings. The van der Waals surface area contributed by atoms with E-state index in [0.717, 1.165) is 23.6 Å². The molecule has 0 saturated carbocycles. The number of nitrogens with one attached hydrogen (secondary N) is 1. The van der Waals surface area contributed by atoms with Gasteiger partial charge in [-0.25, -0.2) is 0 Å². The van der Waals surface area contributed by atoms with Crippen LogP contribution in [-0.2, 0) is 6.54 Å². The van der Waals surface area contributed by atoms with Crippen molar-refractivity contribution in [1.29, 1.82) is 0 Å². The van der Waals surface area contributed by atoms with Crippen molar-refractivity contribution in [2.24, 2.45) is 0 Å². The van der Waals surface area contributed by atoms with Gasteiger partial charge in [-0.3, -0.25) is 0 Å². The van der Waals surface area contributed by atoms with Crippen molar-refractivity contribution in [2.45, 2.75) is 19.5 Å². The first kappa shape index (κ1) is 13.9. The smallest absolute Gasteiger partial charge is 0.165 e. The van der Waals surface area contributed by atoms with E-state index in [2.05, 4.69) is 35.8 Å². The summed E-state index contributed by atoms with van der Waals surface area (Å²) in [7, 11) is 3.33. The van der Waals surface area contributed by atoms with Crippen LogP contribution in [0, 0.1) is 0 Å². The van der Waals surface area contributed by atoms with Crippen LogP contribution in [0.2, 0.25) is 0 Å². The quantitative estimate of drug-likeness (QED) is 0.875. The molecule has 1 heterocycles. The van der Waals surface area contributed by atoms with Crippen LogP contribution in [0.1, 0.15) is 23.4 Å². The van der Waals surface area contributed by atoms with Gasteiger partial charge in [0, 0.05) is 23.0 Å². The van der Waals surface area contributed by atoms with Gasteiger partial charge < -0.3 is 14.8 Å². The molecule has 19 heavy (non-hydrogen) atoms. The predicted molar refractivity (Wildman–Crippen MR) is 79.1 cm³/mol. The van der Waals surface area contributed by atoms with Gasteiger partial charge in [-0.05, 0) is 24.4 Å². The summed E-state index contributed by atoms with van der Waals surface area (Å²) in [5.41, 5.74) is 1.10. The Morgan fingerprint density at radius 1 is 1.16 bits per heavy atom. The molecule has 1 N–H and O–H groups in total. The van der Waals surface area contributed by atoms with E-state index in [9.17, 15) is 0 Å². The zero-order valence-corrected chi connectivity index (χ0v) is 12.3. The van der Waals surface area contributed by atoms with Gasteiger partial charge >= 0.3 is 0 Å². The molecule has 3 nitrogen and oxygen atoms in total. The fourth-order valence-electron chi connectivity index (χ4n) is 1.99. The fourth-order valence-corrected chi connectivity index (χ4v) is 2.75.